The summed E-state index contributed by atoms with van der Waals surface area (Å²) in [6.45, 7) is 0. The summed E-state index contributed by atoms with van der Waals surface area (Å²) >= 11 is 5.49. The number of para-hydroxylation sites is 1. The van der Waals surface area contributed by atoms with Gasteiger partial charge in [-0.15, -0.1) is 0 Å². The van der Waals surface area contributed by atoms with E-state index in [1.807, 2.05) is 0 Å². The number of alkyl halides is 3. The molecule has 0 amide bonds. The molecule has 0 saturated heterocycles. The van der Waals surface area contributed by atoms with Crippen LogP contribution >= 0.6 is 11.6 Å². The molecule has 0 bridgehead atoms. The number of hydrogen-bond donors (Lipinski definition) is 0. The fourth-order valence-electron chi connectivity index (χ4n) is 1.68. The maximum atomic E-state index is 12.9. The van der Waals surface area contributed by atoms with Crippen molar-refractivity contribution in [1.82, 2.24) is 0 Å². The largest absolute Gasteiger partial charge is 0.427 e. The molecule has 21 heavy (non-hydrogen) atoms. The van der Waals surface area contributed by atoms with Crippen molar-refractivity contribution in [2.75, 3.05) is 0 Å². The average Bonchev–Trinajstić information content (AvgIpc) is 2.48. The molecule has 108 valence electrons. The Kier molecular flexibility index (Phi) is 4.81. The van der Waals surface area contributed by atoms with Crippen molar-refractivity contribution in [2.45, 2.75) is 6.18 Å². The lowest BCUT2D eigenvalue weighted by atomic mass is 10.1. The minimum atomic E-state index is -4.62. The topological polar surface area (TPSA) is 12.4 Å². The summed E-state index contributed by atoms with van der Waals surface area (Å²) < 4.78 is 38.6. The van der Waals surface area contributed by atoms with Gasteiger partial charge in [0.1, 0.15) is 5.03 Å². The molecule has 0 aromatic heterocycles. The first-order valence-electron chi connectivity index (χ1n) is 6.10. The van der Waals surface area contributed by atoms with Crippen LogP contribution in [0.4, 0.5) is 18.9 Å². The number of hydrogen-bond acceptors (Lipinski definition) is 1. The standard InChI is InChI=1S/C16H11ClF3N/c17-15(16(18,19)20)14(12-7-3-1-4-8-12)11-21-13-9-5-2-6-10-13/h1-11H/b15-14+,21-11?. The van der Waals surface area contributed by atoms with Crippen LogP contribution in [0.1, 0.15) is 5.56 Å². The highest BCUT2D eigenvalue weighted by Crippen LogP contribution is 2.34. The Bertz CT molecular complexity index is 646. The number of benzene rings is 2. The van der Waals surface area contributed by atoms with Gasteiger partial charge in [-0.2, -0.15) is 13.2 Å². The molecule has 0 radical (unpaired) electrons. The van der Waals surface area contributed by atoms with E-state index in [1.54, 1.807) is 60.7 Å². The lowest BCUT2D eigenvalue weighted by Gasteiger charge is -2.10. The number of nitrogens with zero attached hydrogens (tertiary/aromatic N) is 1. The Hall–Kier alpha value is -2.07. The summed E-state index contributed by atoms with van der Waals surface area (Å²) in [5, 5.41) is -1.19. The highest BCUT2D eigenvalue weighted by Gasteiger charge is 2.35. The van der Waals surface area contributed by atoms with Crippen molar-refractivity contribution < 1.29 is 13.2 Å². The highest BCUT2D eigenvalue weighted by molar-refractivity contribution is 6.38. The van der Waals surface area contributed by atoms with Gasteiger partial charge in [-0.3, -0.25) is 4.99 Å². The second kappa shape index (κ2) is 6.59. The van der Waals surface area contributed by atoms with E-state index in [-0.39, 0.29) is 5.57 Å². The molecule has 1 nitrogen and oxygen atoms in total. The van der Waals surface area contributed by atoms with Crippen LogP contribution in [0.5, 0.6) is 0 Å². The van der Waals surface area contributed by atoms with Gasteiger partial charge in [0, 0.05) is 11.8 Å². The van der Waals surface area contributed by atoms with E-state index in [2.05, 4.69) is 4.99 Å². The zero-order valence-corrected chi connectivity index (χ0v) is 11.6. The number of allylic oxidation sites excluding steroid dienone is 2. The van der Waals surface area contributed by atoms with Gasteiger partial charge in [0.2, 0.25) is 0 Å². The Morgan fingerprint density at radius 1 is 0.905 bits per heavy atom. The molecule has 0 N–H and O–H groups in total. The van der Waals surface area contributed by atoms with Crippen molar-refractivity contribution in [3.05, 3.63) is 71.3 Å². The van der Waals surface area contributed by atoms with E-state index in [4.69, 9.17) is 11.6 Å². The van der Waals surface area contributed by atoms with Gasteiger partial charge >= 0.3 is 6.18 Å². The van der Waals surface area contributed by atoms with E-state index >= 15 is 0 Å². The Labute approximate surface area is 125 Å². The Balaban J connectivity index is 2.46. The molecule has 2 aromatic carbocycles. The summed E-state index contributed by atoms with van der Waals surface area (Å²) in [6, 6.07) is 16.8. The summed E-state index contributed by atoms with van der Waals surface area (Å²) in [4.78, 5) is 4.05. The van der Waals surface area contributed by atoms with E-state index < -0.39 is 11.2 Å². The predicted octanol–water partition coefficient (Wildman–Crippen LogP) is 5.60. The molecule has 0 aliphatic rings. The van der Waals surface area contributed by atoms with Crippen LogP contribution in [0, 0.1) is 0 Å². The second-order valence-electron chi connectivity index (χ2n) is 4.19. The van der Waals surface area contributed by atoms with Crippen LogP contribution in [0.3, 0.4) is 0 Å². The molecular formula is C16H11ClF3N. The van der Waals surface area contributed by atoms with Crippen LogP contribution < -0.4 is 0 Å². The Morgan fingerprint density at radius 2 is 1.43 bits per heavy atom. The fraction of sp³-hybridized carbons (Fsp3) is 0.0625. The third kappa shape index (κ3) is 4.20. The third-order valence-electron chi connectivity index (χ3n) is 2.67. The van der Waals surface area contributed by atoms with Gasteiger partial charge in [-0.05, 0) is 17.7 Å². The first-order valence-corrected chi connectivity index (χ1v) is 6.48. The molecule has 0 aliphatic heterocycles. The molecule has 0 saturated carbocycles. The molecule has 5 heteroatoms. The average molecular weight is 310 g/mol. The lowest BCUT2D eigenvalue weighted by Crippen LogP contribution is -2.10. The van der Waals surface area contributed by atoms with Gasteiger partial charge in [0.25, 0.3) is 0 Å². The molecule has 2 aromatic rings. The summed E-state index contributed by atoms with van der Waals surface area (Å²) in [5.41, 5.74) is 0.755. The van der Waals surface area contributed by atoms with Crippen molar-refractivity contribution in [3.8, 4) is 0 Å². The minimum Gasteiger partial charge on any atom is -0.256 e. The molecule has 0 spiro atoms. The lowest BCUT2D eigenvalue weighted by molar-refractivity contribution is -0.0838. The zero-order valence-electron chi connectivity index (χ0n) is 10.8. The monoisotopic (exact) mass is 309 g/mol. The number of aliphatic imine (C=N–C) groups is 1. The quantitative estimate of drug-likeness (QED) is 0.654. The molecule has 0 aliphatic carbocycles. The molecular weight excluding hydrogens is 299 g/mol. The summed E-state index contributed by atoms with van der Waals surface area (Å²) in [5.74, 6) is 0. The van der Waals surface area contributed by atoms with Gasteiger partial charge in [-0.25, -0.2) is 0 Å². The second-order valence-corrected chi connectivity index (χ2v) is 4.56. The first kappa shape index (κ1) is 15.3. The normalized spacial score (nSPS) is 13.3. The van der Waals surface area contributed by atoms with Crippen LogP contribution in [0.25, 0.3) is 5.57 Å². The molecule has 0 atom stereocenters. The summed E-state index contributed by atoms with van der Waals surface area (Å²) in [7, 11) is 0. The van der Waals surface area contributed by atoms with Crippen LogP contribution in [0.15, 0.2) is 70.7 Å². The number of halogens is 4. The smallest absolute Gasteiger partial charge is 0.256 e. The SMILES string of the molecule is FC(F)(F)/C(Cl)=C(/C=Nc1ccccc1)c1ccccc1. The van der Waals surface area contributed by atoms with E-state index in [0.29, 0.717) is 11.3 Å². The first-order chi connectivity index (χ1) is 9.98. The van der Waals surface area contributed by atoms with E-state index in [1.165, 1.54) is 0 Å². The van der Waals surface area contributed by atoms with Crippen molar-refractivity contribution >= 4 is 29.1 Å². The Morgan fingerprint density at radius 3 is 1.95 bits per heavy atom. The minimum absolute atomic E-state index is 0.159. The van der Waals surface area contributed by atoms with Gasteiger partial charge in [0.05, 0.1) is 5.69 Å². The van der Waals surface area contributed by atoms with Crippen LogP contribution in [0.2, 0.25) is 0 Å². The third-order valence-corrected chi connectivity index (χ3v) is 3.09. The molecule has 0 unspecified atom stereocenters. The van der Waals surface area contributed by atoms with Gasteiger partial charge in [-0.1, -0.05) is 60.1 Å². The maximum Gasteiger partial charge on any atom is 0.427 e. The van der Waals surface area contributed by atoms with Crippen molar-refractivity contribution in [1.29, 1.82) is 0 Å². The molecule has 2 rings (SSSR count). The van der Waals surface area contributed by atoms with E-state index in [9.17, 15) is 13.2 Å². The van der Waals surface area contributed by atoms with Gasteiger partial charge in [0.15, 0.2) is 0 Å². The van der Waals surface area contributed by atoms with Crippen molar-refractivity contribution in [2.24, 2.45) is 4.99 Å². The molecule has 0 heterocycles. The number of rotatable bonds is 3. The highest BCUT2D eigenvalue weighted by atomic mass is 35.5. The summed E-state index contributed by atoms with van der Waals surface area (Å²) in [6.07, 6.45) is -3.48. The van der Waals surface area contributed by atoms with Crippen LogP contribution in [-0.4, -0.2) is 12.4 Å². The zero-order chi connectivity index (χ0) is 15.3. The predicted molar refractivity (Wildman–Crippen MR) is 79.9 cm³/mol. The van der Waals surface area contributed by atoms with Crippen LogP contribution in [-0.2, 0) is 0 Å². The maximum absolute atomic E-state index is 12.9. The van der Waals surface area contributed by atoms with Gasteiger partial charge < -0.3 is 0 Å². The van der Waals surface area contributed by atoms with E-state index in [0.717, 1.165) is 6.21 Å². The van der Waals surface area contributed by atoms with Crippen molar-refractivity contribution in [3.63, 3.8) is 0 Å². The molecule has 0 fully saturated rings. The fourth-order valence-corrected chi connectivity index (χ4v) is 1.84.